The third kappa shape index (κ3) is 5.18. The first-order valence-corrected chi connectivity index (χ1v) is 9.29. The fourth-order valence-corrected chi connectivity index (χ4v) is 2.51. The van der Waals surface area contributed by atoms with Gasteiger partial charge in [-0.05, 0) is 48.5 Å². The number of nitrogens with one attached hydrogen (secondary N) is 2. The number of nitrogens with zero attached hydrogens (tertiary/aromatic N) is 2. The van der Waals surface area contributed by atoms with Crippen LogP contribution < -0.4 is 14.8 Å². The average Bonchev–Trinajstić information content (AvgIpc) is 2.58. The second-order valence-electron chi connectivity index (χ2n) is 5.24. The molecule has 3 rings (SSSR count). The lowest BCUT2D eigenvalue weighted by molar-refractivity contribution is 0.483. The van der Waals surface area contributed by atoms with Crippen LogP contribution >= 0.6 is 0 Å². The van der Waals surface area contributed by atoms with Crippen molar-refractivity contribution in [1.82, 2.24) is 10.2 Å². The van der Waals surface area contributed by atoms with Crippen LogP contribution in [0.25, 0.3) is 0 Å². The predicted octanol–water partition coefficient (Wildman–Crippen LogP) is 3.38. The average molecular weight is 356 g/mol. The molecule has 2 aromatic carbocycles. The van der Waals surface area contributed by atoms with E-state index in [0.717, 1.165) is 23.4 Å². The summed E-state index contributed by atoms with van der Waals surface area (Å²) in [7, 11) is -3.37. The molecule has 0 fully saturated rings. The summed E-state index contributed by atoms with van der Waals surface area (Å²) in [4.78, 5) is 0. The largest absolute Gasteiger partial charge is 0.457 e. The van der Waals surface area contributed by atoms with Crippen molar-refractivity contribution in [3.05, 3.63) is 66.7 Å². The maximum Gasteiger partial charge on any atom is 0.231 e. The van der Waals surface area contributed by atoms with E-state index in [9.17, 15) is 8.42 Å². The highest BCUT2D eigenvalue weighted by atomic mass is 32.2. The number of hydrogen-bond donors (Lipinski definition) is 2. The molecule has 1 aromatic heterocycles. The van der Waals surface area contributed by atoms with Crippen LogP contribution in [0.4, 0.5) is 17.3 Å². The Bertz CT molecular complexity index is 928. The zero-order valence-corrected chi connectivity index (χ0v) is 14.2. The first kappa shape index (κ1) is 16.7. The number of sulfonamides is 1. The fraction of sp³-hybridized carbons (Fsp3) is 0.0588. The summed E-state index contributed by atoms with van der Waals surface area (Å²) in [6.07, 6.45) is 1.06. The van der Waals surface area contributed by atoms with E-state index in [1.807, 2.05) is 54.6 Å². The van der Waals surface area contributed by atoms with E-state index >= 15 is 0 Å². The third-order valence-electron chi connectivity index (χ3n) is 3.06. The van der Waals surface area contributed by atoms with Crippen LogP contribution in [0.1, 0.15) is 0 Å². The Kier molecular flexibility index (Phi) is 4.80. The van der Waals surface area contributed by atoms with Gasteiger partial charge in [-0.25, -0.2) is 8.42 Å². The Morgan fingerprint density at radius 3 is 2.00 bits per heavy atom. The van der Waals surface area contributed by atoms with Crippen LogP contribution in [-0.2, 0) is 10.0 Å². The van der Waals surface area contributed by atoms with E-state index < -0.39 is 10.0 Å². The molecule has 0 aliphatic rings. The highest BCUT2D eigenvalue weighted by Crippen LogP contribution is 2.23. The summed E-state index contributed by atoms with van der Waals surface area (Å²) >= 11 is 0. The van der Waals surface area contributed by atoms with Crippen molar-refractivity contribution >= 4 is 27.3 Å². The SMILES string of the molecule is CS(=O)(=O)Nc1ccc(Nc2ccc(Oc3ccccc3)cc2)nn1. The molecule has 8 heteroatoms. The Morgan fingerprint density at radius 1 is 0.800 bits per heavy atom. The van der Waals surface area contributed by atoms with Crippen molar-refractivity contribution in [2.75, 3.05) is 16.3 Å². The van der Waals surface area contributed by atoms with Crippen LogP contribution in [0.3, 0.4) is 0 Å². The van der Waals surface area contributed by atoms with Gasteiger partial charge in [0, 0.05) is 5.69 Å². The molecular formula is C17H16N4O3S. The first-order chi connectivity index (χ1) is 12.0. The van der Waals surface area contributed by atoms with Gasteiger partial charge in [0.25, 0.3) is 0 Å². The van der Waals surface area contributed by atoms with E-state index in [1.54, 1.807) is 6.07 Å². The number of anilines is 3. The minimum atomic E-state index is -3.37. The number of benzene rings is 2. The van der Waals surface area contributed by atoms with Gasteiger partial charge in [0.2, 0.25) is 10.0 Å². The number of ether oxygens (including phenoxy) is 1. The molecule has 0 aliphatic heterocycles. The molecule has 0 amide bonds. The van der Waals surface area contributed by atoms with Crippen molar-refractivity contribution in [3.8, 4) is 11.5 Å². The molecule has 0 bridgehead atoms. The van der Waals surface area contributed by atoms with Gasteiger partial charge in [0.1, 0.15) is 11.5 Å². The molecule has 0 saturated carbocycles. The molecular weight excluding hydrogens is 340 g/mol. The zero-order valence-electron chi connectivity index (χ0n) is 13.4. The smallest absolute Gasteiger partial charge is 0.231 e. The lowest BCUT2D eigenvalue weighted by Gasteiger charge is -2.08. The second kappa shape index (κ2) is 7.18. The van der Waals surface area contributed by atoms with Gasteiger partial charge in [0.05, 0.1) is 6.26 Å². The molecule has 0 unspecified atom stereocenters. The lowest BCUT2D eigenvalue weighted by atomic mass is 10.3. The van der Waals surface area contributed by atoms with Gasteiger partial charge in [-0.2, -0.15) is 0 Å². The van der Waals surface area contributed by atoms with Crippen molar-refractivity contribution in [1.29, 1.82) is 0 Å². The van der Waals surface area contributed by atoms with Crippen molar-refractivity contribution in [2.24, 2.45) is 0 Å². The summed E-state index contributed by atoms with van der Waals surface area (Å²) in [5.74, 6) is 2.15. The number of hydrogen-bond acceptors (Lipinski definition) is 6. The van der Waals surface area contributed by atoms with Gasteiger partial charge in [-0.15, -0.1) is 10.2 Å². The van der Waals surface area contributed by atoms with Crippen LogP contribution in [0.2, 0.25) is 0 Å². The normalized spacial score (nSPS) is 10.9. The second-order valence-corrected chi connectivity index (χ2v) is 6.99. The number of aromatic nitrogens is 2. The molecule has 2 N–H and O–H groups in total. The van der Waals surface area contributed by atoms with E-state index in [4.69, 9.17) is 4.74 Å². The predicted molar refractivity (Wildman–Crippen MR) is 96.7 cm³/mol. The van der Waals surface area contributed by atoms with Gasteiger partial charge < -0.3 is 10.1 Å². The maximum atomic E-state index is 11.1. The summed E-state index contributed by atoms with van der Waals surface area (Å²) in [6, 6.07) is 20.0. The standard InChI is InChI=1S/C17H16N4O3S/c1-25(22,23)21-17-12-11-16(19-20-17)18-13-7-9-15(10-8-13)24-14-5-3-2-4-6-14/h2-12H,1H3,(H,18,19)(H,20,21). The third-order valence-corrected chi connectivity index (χ3v) is 3.64. The van der Waals surface area contributed by atoms with Gasteiger partial charge >= 0.3 is 0 Å². The highest BCUT2D eigenvalue weighted by molar-refractivity contribution is 7.92. The summed E-state index contributed by atoms with van der Waals surface area (Å²) in [5.41, 5.74) is 0.804. The van der Waals surface area contributed by atoms with E-state index in [1.165, 1.54) is 6.07 Å². The fourth-order valence-electron chi connectivity index (χ4n) is 2.02. The summed E-state index contributed by atoms with van der Waals surface area (Å²) < 4.78 is 30.2. The molecule has 0 saturated heterocycles. The van der Waals surface area contributed by atoms with E-state index in [0.29, 0.717) is 5.82 Å². The monoisotopic (exact) mass is 356 g/mol. The molecule has 0 radical (unpaired) electrons. The quantitative estimate of drug-likeness (QED) is 0.703. The zero-order chi connectivity index (χ0) is 17.7. The van der Waals surface area contributed by atoms with Gasteiger partial charge in [-0.3, -0.25) is 4.72 Å². The van der Waals surface area contributed by atoms with E-state index in [2.05, 4.69) is 20.2 Å². The Labute approximate surface area is 145 Å². The Morgan fingerprint density at radius 2 is 1.40 bits per heavy atom. The molecule has 0 spiro atoms. The molecule has 0 atom stereocenters. The van der Waals surface area contributed by atoms with Crippen molar-refractivity contribution in [2.45, 2.75) is 0 Å². The first-order valence-electron chi connectivity index (χ1n) is 7.39. The minimum Gasteiger partial charge on any atom is -0.457 e. The molecule has 25 heavy (non-hydrogen) atoms. The van der Waals surface area contributed by atoms with Crippen LogP contribution in [0.15, 0.2) is 66.7 Å². The lowest BCUT2D eigenvalue weighted by Crippen LogP contribution is -2.11. The maximum absolute atomic E-state index is 11.1. The van der Waals surface area contributed by atoms with Crippen LogP contribution in [0.5, 0.6) is 11.5 Å². The molecule has 7 nitrogen and oxygen atoms in total. The molecule has 3 aromatic rings. The van der Waals surface area contributed by atoms with Gasteiger partial charge in [-0.1, -0.05) is 18.2 Å². The molecule has 0 aliphatic carbocycles. The minimum absolute atomic E-state index is 0.166. The van der Waals surface area contributed by atoms with Crippen LogP contribution in [0, 0.1) is 0 Å². The van der Waals surface area contributed by atoms with Crippen molar-refractivity contribution < 1.29 is 13.2 Å². The topological polar surface area (TPSA) is 93.2 Å². The highest BCUT2D eigenvalue weighted by Gasteiger charge is 2.04. The van der Waals surface area contributed by atoms with Gasteiger partial charge in [0.15, 0.2) is 11.6 Å². The Hall–Kier alpha value is -3.13. The van der Waals surface area contributed by atoms with Crippen molar-refractivity contribution in [3.63, 3.8) is 0 Å². The number of rotatable bonds is 6. The molecule has 128 valence electrons. The Balaban J connectivity index is 1.63. The van der Waals surface area contributed by atoms with E-state index in [-0.39, 0.29) is 5.82 Å². The summed E-state index contributed by atoms with van der Waals surface area (Å²) in [6.45, 7) is 0. The molecule has 1 heterocycles. The summed E-state index contributed by atoms with van der Waals surface area (Å²) in [5, 5.41) is 10.8. The number of para-hydroxylation sites is 1. The van der Waals surface area contributed by atoms with Crippen LogP contribution in [-0.4, -0.2) is 24.9 Å².